The van der Waals surface area contributed by atoms with Crippen molar-refractivity contribution in [2.24, 2.45) is 0 Å². The van der Waals surface area contributed by atoms with E-state index in [9.17, 15) is 9.59 Å². The molecular weight excluding hydrogens is 248 g/mol. The fourth-order valence-electron chi connectivity index (χ4n) is 1.50. The maximum absolute atomic E-state index is 11.3. The summed E-state index contributed by atoms with van der Waals surface area (Å²) in [6.07, 6.45) is 6.61. The highest BCUT2D eigenvalue weighted by molar-refractivity contribution is 5.81. The highest BCUT2D eigenvalue weighted by Crippen LogP contribution is 2.10. The summed E-state index contributed by atoms with van der Waals surface area (Å²) in [5, 5.41) is 0. The van der Waals surface area contributed by atoms with E-state index in [1.54, 1.807) is 6.92 Å². The number of unbranched alkanes of at least 4 members (excludes halogenated alkanes) is 3. The number of ether oxygens (including phenoxy) is 3. The van der Waals surface area contributed by atoms with Gasteiger partial charge in [0.05, 0.1) is 13.7 Å². The van der Waals surface area contributed by atoms with E-state index >= 15 is 0 Å². The predicted octanol–water partition coefficient (Wildman–Crippen LogP) is 3.23. The third-order valence-corrected chi connectivity index (χ3v) is 2.50. The van der Waals surface area contributed by atoms with Crippen molar-refractivity contribution in [2.75, 3.05) is 13.7 Å². The summed E-state index contributed by atoms with van der Waals surface area (Å²) in [7, 11) is 1.30. The molecule has 0 aliphatic carbocycles. The van der Waals surface area contributed by atoms with E-state index in [0.29, 0.717) is 6.42 Å². The zero-order chi connectivity index (χ0) is 14.5. The van der Waals surface area contributed by atoms with Crippen molar-refractivity contribution < 1.29 is 23.8 Å². The number of esters is 1. The summed E-state index contributed by atoms with van der Waals surface area (Å²) in [4.78, 5) is 22.3. The van der Waals surface area contributed by atoms with Gasteiger partial charge < -0.3 is 14.2 Å². The van der Waals surface area contributed by atoms with Crippen LogP contribution in [-0.4, -0.2) is 31.9 Å². The second-order valence-corrected chi connectivity index (χ2v) is 4.07. The molecule has 0 aromatic heterocycles. The molecule has 5 nitrogen and oxygen atoms in total. The minimum atomic E-state index is -0.711. The van der Waals surface area contributed by atoms with E-state index in [2.05, 4.69) is 11.7 Å². The van der Waals surface area contributed by atoms with Gasteiger partial charge in [-0.25, -0.2) is 9.59 Å². The first-order chi connectivity index (χ1) is 9.13. The topological polar surface area (TPSA) is 61.8 Å². The Labute approximate surface area is 114 Å². The molecule has 1 unspecified atom stereocenters. The number of hydrogen-bond acceptors (Lipinski definition) is 5. The maximum atomic E-state index is 11.3. The Morgan fingerprint density at radius 3 is 2.47 bits per heavy atom. The fourth-order valence-corrected chi connectivity index (χ4v) is 1.50. The van der Waals surface area contributed by atoms with E-state index < -0.39 is 18.2 Å². The van der Waals surface area contributed by atoms with Gasteiger partial charge in [0.25, 0.3) is 0 Å². The molecule has 0 heterocycles. The Morgan fingerprint density at radius 2 is 1.89 bits per heavy atom. The third-order valence-electron chi connectivity index (χ3n) is 2.50. The van der Waals surface area contributed by atoms with Crippen molar-refractivity contribution in [3.05, 3.63) is 12.2 Å². The molecule has 0 aromatic rings. The Hall–Kier alpha value is -1.52. The lowest BCUT2D eigenvalue weighted by Crippen LogP contribution is -2.17. The molecule has 0 saturated heterocycles. The van der Waals surface area contributed by atoms with Gasteiger partial charge in [-0.2, -0.15) is 0 Å². The molecule has 0 amide bonds. The minimum absolute atomic E-state index is 0.266. The number of methoxy groups -OCH3 is 1. The average Bonchev–Trinajstić information content (AvgIpc) is 2.40. The van der Waals surface area contributed by atoms with E-state index in [4.69, 9.17) is 9.47 Å². The Balaban J connectivity index is 4.25. The van der Waals surface area contributed by atoms with E-state index in [1.165, 1.54) is 19.3 Å². The summed E-state index contributed by atoms with van der Waals surface area (Å²) in [5.74, 6) is -0.467. The van der Waals surface area contributed by atoms with Crippen molar-refractivity contribution in [2.45, 2.75) is 52.1 Å². The summed E-state index contributed by atoms with van der Waals surface area (Å²) >= 11 is 0. The Kier molecular flexibility index (Phi) is 10.6. The van der Waals surface area contributed by atoms with Crippen LogP contribution in [0.25, 0.3) is 0 Å². The van der Waals surface area contributed by atoms with Crippen molar-refractivity contribution in [1.82, 2.24) is 0 Å². The normalized spacial score (nSPS) is 12.2. The summed E-state index contributed by atoms with van der Waals surface area (Å²) < 4.78 is 14.3. The quantitative estimate of drug-likeness (QED) is 0.366. The van der Waals surface area contributed by atoms with E-state index in [1.807, 2.05) is 0 Å². The molecule has 5 heteroatoms. The summed E-state index contributed by atoms with van der Waals surface area (Å²) in [6.45, 7) is 4.10. The minimum Gasteiger partial charge on any atom is -0.466 e. The largest absolute Gasteiger partial charge is 0.508 e. The standard InChI is InChI=1S/C14H24O5/c1-4-6-7-8-9-12(10-11-13(15)17-3)19-14(16)18-5-2/h10-12H,4-9H2,1-3H3/b11-10+. The zero-order valence-electron chi connectivity index (χ0n) is 12.0. The molecule has 19 heavy (non-hydrogen) atoms. The van der Waals surface area contributed by atoms with Gasteiger partial charge in [0.1, 0.15) is 6.10 Å². The molecule has 0 bridgehead atoms. The molecular formula is C14H24O5. The highest BCUT2D eigenvalue weighted by atomic mass is 16.7. The molecule has 0 rings (SSSR count). The van der Waals surface area contributed by atoms with Gasteiger partial charge in [0.15, 0.2) is 0 Å². The molecule has 0 aliphatic heterocycles. The van der Waals surface area contributed by atoms with Crippen molar-refractivity contribution in [1.29, 1.82) is 0 Å². The molecule has 0 saturated carbocycles. The number of carbonyl (C=O) groups is 2. The smallest absolute Gasteiger partial charge is 0.466 e. The lowest BCUT2D eigenvalue weighted by Gasteiger charge is -2.13. The summed E-state index contributed by atoms with van der Waals surface area (Å²) in [5.41, 5.74) is 0. The SMILES string of the molecule is CCCCCCC(/C=C/C(=O)OC)OC(=O)OCC. The van der Waals surface area contributed by atoms with Crippen LogP contribution in [0.1, 0.15) is 46.0 Å². The van der Waals surface area contributed by atoms with Crippen LogP contribution < -0.4 is 0 Å². The first kappa shape index (κ1) is 17.5. The summed E-state index contributed by atoms with van der Waals surface area (Å²) in [6, 6.07) is 0. The Morgan fingerprint density at radius 1 is 1.16 bits per heavy atom. The molecule has 0 N–H and O–H groups in total. The lowest BCUT2D eigenvalue weighted by molar-refractivity contribution is -0.134. The van der Waals surface area contributed by atoms with E-state index in [-0.39, 0.29) is 6.61 Å². The first-order valence-corrected chi connectivity index (χ1v) is 6.73. The van der Waals surface area contributed by atoms with Gasteiger partial charge in [-0.15, -0.1) is 0 Å². The van der Waals surface area contributed by atoms with Crippen LogP contribution >= 0.6 is 0 Å². The van der Waals surface area contributed by atoms with Crippen LogP contribution in [0.5, 0.6) is 0 Å². The molecule has 110 valence electrons. The number of carbonyl (C=O) groups excluding carboxylic acids is 2. The van der Waals surface area contributed by atoms with Gasteiger partial charge in [0, 0.05) is 6.08 Å². The second kappa shape index (κ2) is 11.6. The van der Waals surface area contributed by atoms with Crippen LogP contribution in [0.3, 0.4) is 0 Å². The van der Waals surface area contributed by atoms with Crippen LogP contribution in [0.15, 0.2) is 12.2 Å². The van der Waals surface area contributed by atoms with E-state index in [0.717, 1.165) is 25.7 Å². The van der Waals surface area contributed by atoms with Crippen molar-refractivity contribution in [3.63, 3.8) is 0 Å². The lowest BCUT2D eigenvalue weighted by atomic mass is 10.1. The Bertz CT molecular complexity index is 286. The van der Waals surface area contributed by atoms with Gasteiger partial charge in [-0.3, -0.25) is 0 Å². The van der Waals surface area contributed by atoms with Crippen LogP contribution in [0.2, 0.25) is 0 Å². The third kappa shape index (κ3) is 10.1. The molecule has 0 fully saturated rings. The molecule has 0 radical (unpaired) electrons. The van der Waals surface area contributed by atoms with Gasteiger partial charge in [-0.05, 0) is 25.8 Å². The monoisotopic (exact) mass is 272 g/mol. The molecule has 0 spiro atoms. The molecule has 0 aliphatic rings. The van der Waals surface area contributed by atoms with Crippen LogP contribution in [-0.2, 0) is 19.0 Å². The number of hydrogen-bond donors (Lipinski definition) is 0. The highest BCUT2D eigenvalue weighted by Gasteiger charge is 2.12. The van der Waals surface area contributed by atoms with Crippen LogP contribution in [0.4, 0.5) is 4.79 Å². The second-order valence-electron chi connectivity index (χ2n) is 4.07. The zero-order valence-corrected chi connectivity index (χ0v) is 12.0. The van der Waals surface area contributed by atoms with Gasteiger partial charge in [0.2, 0.25) is 0 Å². The van der Waals surface area contributed by atoms with Gasteiger partial charge >= 0.3 is 12.1 Å². The fraction of sp³-hybridized carbons (Fsp3) is 0.714. The van der Waals surface area contributed by atoms with Crippen molar-refractivity contribution in [3.8, 4) is 0 Å². The first-order valence-electron chi connectivity index (χ1n) is 6.73. The maximum Gasteiger partial charge on any atom is 0.508 e. The average molecular weight is 272 g/mol. The van der Waals surface area contributed by atoms with Crippen molar-refractivity contribution >= 4 is 12.1 Å². The molecule has 0 aromatic carbocycles. The van der Waals surface area contributed by atoms with Gasteiger partial charge in [-0.1, -0.05) is 26.2 Å². The predicted molar refractivity (Wildman–Crippen MR) is 71.8 cm³/mol. The molecule has 1 atom stereocenters. The number of rotatable bonds is 9. The van der Waals surface area contributed by atoms with Crippen LogP contribution in [0, 0.1) is 0 Å².